The van der Waals surface area contributed by atoms with Gasteiger partial charge in [0.15, 0.2) is 12.7 Å². The quantitative estimate of drug-likeness (QED) is 0.814. The number of anilines is 1. The van der Waals surface area contributed by atoms with E-state index in [-0.39, 0.29) is 0 Å². The molecule has 2 rings (SSSR count). The number of halogens is 1. The minimum atomic E-state index is -1.43. The number of hydrogen-bond acceptors (Lipinski definition) is 4. The molecule has 0 saturated carbocycles. The summed E-state index contributed by atoms with van der Waals surface area (Å²) in [6, 6.07) is 12.0. The third kappa shape index (κ3) is 4.57. The van der Waals surface area contributed by atoms with Crippen LogP contribution in [0, 0.1) is 13.8 Å². The summed E-state index contributed by atoms with van der Waals surface area (Å²) >= 11 is 6.11. The summed E-state index contributed by atoms with van der Waals surface area (Å²) in [4.78, 5) is 23.7. The van der Waals surface area contributed by atoms with Gasteiger partial charge in [0.05, 0.1) is 10.7 Å². The molecular weight excluding hydrogens is 330 g/mol. The number of carbonyl (C=O) groups is 2. The SMILES string of the molecule is Cc1cc(C)c(NC(=O)COC(=O)[C@H](O)c2ccccc2)c(Cl)c1. The van der Waals surface area contributed by atoms with Crippen molar-refractivity contribution in [1.29, 1.82) is 0 Å². The predicted octanol–water partition coefficient (Wildman–Crippen LogP) is 3.17. The van der Waals surface area contributed by atoms with Gasteiger partial charge in [-0.15, -0.1) is 0 Å². The molecule has 0 spiro atoms. The zero-order valence-corrected chi connectivity index (χ0v) is 14.1. The summed E-state index contributed by atoms with van der Waals surface area (Å²) < 4.78 is 4.85. The Kier molecular flexibility index (Phi) is 5.95. The average molecular weight is 348 g/mol. The number of aliphatic hydroxyl groups is 1. The Morgan fingerprint density at radius 2 is 1.88 bits per heavy atom. The van der Waals surface area contributed by atoms with Gasteiger partial charge in [-0.25, -0.2) is 4.79 Å². The van der Waals surface area contributed by atoms with E-state index in [9.17, 15) is 14.7 Å². The topological polar surface area (TPSA) is 75.6 Å². The van der Waals surface area contributed by atoms with Crippen molar-refractivity contribution in [2.75, 3.05) is 11.9 Å². The molecule has 2 aromatic rings. The normalized spacial score (nSPS) is 11.7. The van der Waals surface area contributed by atoms with Gasteiger partial charge in [-0.1, -0.05) is 48.0 Å². The second kappa shape index (κ2) is 7.95. The van der Waals surface area contributed by atoms with Crippen molar-refractivity contribution in [3.63, 3.8) is 0 Å². The molecule has 24 heavy (non-hydrogen) atoms. The third-order valence-electron chi connectivity index (χ3n) is 3.38. The van der Waals surface area contributed by atoms with E-state index in [0.29, 0.717) is 16.3 Å². The van der Waals surface area contributed by atoms with Gasteiger partial charge in [0.25, 0.3) is 5.91 Å². The highest BCUT2D eigenvalue weighted by Gasteiger charge is 2.20. The summed E-state index contributed by atoms with van der Waals surface area (Å²) in [6.07, 6.45) is -1.43. The van der Waals surface area contributed by atoms with Crippen LogP contribution in [0.3, 0.4) is 0 Å². The van der Waals surface area contributed by atoms with E-state index in [4.69, 9.17) is 16.3 Å². The van der Waals surface area contributed by atoms with Crippen LogP contribution >= 0.6 is 11.6 Å². The predicted molar refractivity (Wildman–Crippen MR) is 91.9 cm³/mol. The van der Waals surface area contributed by atoms with Crippen LogP contribution in [0.25, 0.3) is 0 Å². The van der Waals surface area contributed by atoms with E-state index in [0.717, 1.165) is 11.1 Å². The molecule has 126 valence electrons. The lowest BCUT2D eigenvalue weighted by Crippen LogP contribution is -2.24. The number of aryl methyl sites for hydroxylation is 2. The van der Waals surface area contributed by atoms with E-state index < -0.39 is 24.6 Å². The number of benzene rings is 2. The maximum atomic E-state index is 11.9. The van der Waals surface area contributed by atoms with Gasteiger partial charge in [-0.05, 0) is 36.6 Å². The van der Waals surface area contributed by atoms with Crippen molar-refractivity contribution < 1.29 is 19.4 Å². The summed E-state index contributed by atoms with van der Waals surface area (Å²) in [5.41, 5.74) is 2.67. The van der Waals surface area contributed by atoms with Gasteiger partial charge in [0, 0.05) is 0 Å². The number of ether oxygens (including phenoxy) is 1. The van der Waals surface area contributed by atoms with E-state index in [1.165, 1.54) is 0 Å². The minimum absolute atomic E-state index is 0.403. The molecule has 5 nitrogen and oxygen atoms in total. The molecule has 0 heterocycles. The molecule has 0 aliphatic carbocycles. The van der Waals surface area contributed by atoms with Crippen LogP contribution in [0.4, 0.5) is 5.69 Å². The lowest BCUT2D eigenvalue weighted by molar-refractivity contribution is -0.156. The number of aliphatic hydroxyl groups excluding tert-OH is 1. The summed E-state index contributed by atoms with van der Waals surface area (Å²) in [5, 5.41) is 12.9. The number of rotatable bonds is 5. The molecule has 2 N–H and O–H groups in total. The second-order valence-electron chi connectivity index (χ2n) is 5.41. The zero-order chi connectivity index (χ0) is 17.7. The van der Waals surface area contributed by atoms with Gasteiger partial charge in [0.2, 0.25) is 0 Å². The maximum Gasteiger partial charge on any atom is 0.340 e. The van der Waals surface area contributed by atoms with Crippen LogP contribution in [-0.4, -0.2) is 23.6 Å². The molecule has 0 unspecified atom stereocenters. The Morgan fingerprint density at radius 3 is 2.50 bits per heavy atom. The first-order chi connectivity index (χ1) is 11.4. The summed E-state index contributed by atoms with van der Waals surface area (Å²) in [6.45, 7) is 3.21. The second-order valence-corrected chi connectivity index (χ2v) is 5.81. The highest BCUT2D eigenvalue weighted by molar-refractivity contribution is 6.34. The molecule has 1 atom stereocenters. The Morgan fingerprint density at radius 1 is 1.21 bits per heavy atom. The smallest absolute Gasteiger partial charge is 0.340 e. The fourth-order valence-corrected chi connectivity index (χ4v) is 2.60. The van der Waals surface area contributed by atoms with Gasteiger partial charge in [-0.2, -0.15) is 0 Å². The third-order valence-corrected chi connectivity index (χ3v) is 3.68. The van der Waals surface area contributed by atoms with Gasteiger partial charge in [0.1, 0.15) is 0 Å². The number of hydrogen-bond donors (Lipinski definition) is 2. The molecule has 0 aliphatic rings. The lowest BCUT2D eigenvalue weighted by atomic mass is 10.1. The highest BCUT2D eigenvalue weighted by atomic mass is 35.5. The largest absolute Gasteiger partial charge is 0.453 e. The summed E-state index contributed by atoms with van der Waals surface area (Å²) in [7, 11) is 0. The van der Waals surface area contributed by atoms with Crippen molar-refractivity contribution >= 4 is 29.2 Å². The lowest BCUT2D eigenvalue weighted by Gasteiger charge is -2.13. The van der Waals surface area contributed by atoms with Gasteiger partial charge >= 0.3 is 5.97 Å². The Balaban J connectivity index is 1.93. The minimum Gasteiger partial charge on any atom is -0.453 e. The number of carbonyl (C=O) groups excluding carboxylic acids is 2. The fourth-order valence-electron chi connectivity index (χ4n) is 2.24. The van der Waals surface area contributed by atoms with E-state index in [2.05, 4.69) is 5.32 Å². The zero-order valence-electron chi connectivity index (χ0n) is 13.4. The first-order valence-corrected chi connectivity index (χ1v) is 7.72. The van der Waals surface area contributed by atoms with Crippen molar-refractivity contribution in [3.05, 3.63) is 64.2 Å². The average Bonchev–Trinajstić information content (AvgIpc) is 2.56. The Bertz CT molecular complexity index is 723. The van der Waals surface area contributed by atoms with Crippen LogP contribution in [0.15, 0.2) is 42.5 Å². The number of nitrogens with one attached hydrogen (secondary N) is 1. The molecule has 6 heteroatoms. The molecular formula is C18H18ClNO4. The van der Waals surface area contributed by atoms with Crippen molar-refractivity contribution in [1.82, 2.24) is 0 Å². The number of esters is 1. The van der Waals surface area contributed by atoms with Gasteiger partial charge in [-0.3, -0.25) is 4.79 Å². The first-order valence-electron chi connectivity index (χ1n) is 7.34. The van der Waals surface area contributed by atoms with Gasteiger partial charge < -0.3 is 15.2 Å². The van der Waals surface area contributed by atoms with E-state index in [1.54, 1.807) is 36.4 Å². The van der Waals surface area contributed by atoms with Crippen LogP contribution < -0.4 is 5.32 Å². The monoisotopic (exact) mass is 347 g/mol. The first kappa shape index (κ1) is 18.0. The maximum absolute atomic E-state index is 11.9. The summed E-state index contributed by atoms with van der Waals surface area (Å²) in [5.74, 6) is -1.42. The molecule has 0 aliphatic heterocycles. The van der Waals surface area contributed by atoms with Crippen LogP contribution in [0.5, 0.6) is 0 Å². The van der Waals surface area contributed by atoms with Crippen molar-refractivity contribution in [2.45, 2.75) is 20.0 Å². The molecule has 0 fully saturated rings. The Hall–Kier alpha value is -2.37. The standard InChI is InChI=1S/C18H18ClNO4/c1-11-8-12(2)16(14(19)9-11)20-15(21)10-24-18(23)17(22)13-6-4-3-5-7-13/h3-9,17,22H,10H2,1-2H3,(H,20,21)/t17-/m1/s1. The molecule has 1 amide bonds. The molecule has 0 radical (unpaired) electrons. The molecule has 2 aromatic carbocycles. The van der Waals surface area contributed by atoms with E-state index >= 15 is 0 Å². The molecule has 0 bridgehead atoms. The van der Waals surface area contributed by atoms with Crippen LogP contribution in [-0.2, 0) is 14.3 Å². The number of amides is 1. The molecule has 0 saturated heterocycles. The molecule has 0 aromatic heterocycles. The van der Waals surface area contributed by atoms with Crippen LogP contribution in [0.1, 0.15) is 22.8 Å². The van der Waals surface area contributed by atoms with Crippen LogP contribution in [0.2, 0.25) is 5.02 Å². The van der Waals surface area contributed by atoms with Crippen molar-refractivity contribution in [2.24, 2.45) is 0 Å². The highest BCUT2D eigenvalue weighted by Crippen LogP contribution is 2.27. The fraction of sp³-hybridized carbons (Fsp3) is 0.222. The van der Waals surface area contributed by atoms with Crippen molar-refractivity contribution in [3.8, 4) is 0 Å². The Labute approximate surface area is 145 Å². The van der Waals surface area contributed by atoms with E-state index in [1.807, 2.05) is 19.9 Å².